The largest absolute Gasteiger partial charge is 0.370 e. The van der Waals surface area contributed by atoms with Crippen LogP contribution >= 0.6 is 11.3 Å². The zero-order valence-corrected chi connectivity index (χ0v) is 10.3. The molecule has 1 aliphatic rings. The summed E-state index contributed by atoms with van der Waals surface area (Å²) >= 11 is 1.70. The highest BCUT2D eigenvalue weighted by molar-refractivity contribution is 7.07. The van der Waals surface area contributed by atoms with Gasteiger partial charge in [0.2, 0.25) is 0 Å². The number of guanidine groups is 1. The summed E-state index contributed by atoms with van der Waals surface area (Å²) in [4.78, 5) is 4.35. The lowest BCUT2D eigenvalue weighted by molar-refractivity contribution is 0.412. The molecule has 88 valence electrons. The lowest BCUT2D eigenvalue weighted by Crippen LogP contribution is -2.41. The number of hydrogen-bond acceptors (Lipinski definition) is 2. The third-order valence-corrected chi connectivity index (χ3v) is 3.70. The van der Waals surface area contributed by atoms with Crippen LogP contribution in [0.15, 0.2) is 21.8 Å². The Balaban J connectivity index is 1.77. The van der Waals surface area contributed by atoms with Crippen molar-refractivity contribution in [3.8, 4) is 0 Å². The second kappa shape index (κ2) is 5.89. The Labute approximate surface area is 101 Å². The monoisotopic (exact) mass is 237 g/mol. The van der Waals surface area contributed by atoms with Gasteiger partial charge in [-0.1, -0.05) is 19.3 Å². The third kappa shape index (κ3) is 3.52. The van der Waals surface area contributed by atoms with Crippen LogP contribution in [0.25, 0.3) is 0 Å². The normalized spacial score (nSPS) is 18.6. The van der Waals surface area contributed by atoms with Crippen LogP contribution in [-0.4, -0.2) is 12.0 Å². The maximum atomic E-state index is 5.86. The van der Waals surface area contributed by atoms with Gasteiger partial charge in [-0.2, -0.15) is 11.3 Å². The molecule has 1 aliphatic carbocycles. The van der Waals surface area contributed by atoms with Crippen LogP contribution in [0.5, 0.6) is 0 Å². The standard InChI is InChI=1S/C12H19N3S/c13-12(14-8-10-6-7-16-9-10)15-11-4-2-1-3-5-11/h6-7,9,11H,1-5,8H2,(H3,13,14,15). The Hall–Kier alpha value is -1.03. The smallest absolute Gasteiger partial charge is 0.189 e. The molecule has 1 fully saturated rings. The first-order valence-corrected chi connectivity index (χ1v) is 6.86. The first-order chi connectivity index (χ1) is 7.84. The summed E-state index contributed by atoms with van der Waals surface area (Å²) in [5, 5.41) is 7.49. The summed E-state index contributed by atoms with van der Waals surface area (Å²) in [6, 6.07) is 2.63. The molecule has 0 unspecified atom stereocenters. The summed E-state index contributed by atoms with van der Waals surface area (Å²) in [6.07, 6.45) is 6.46. The highest BCUT2D eigenvalue weighted by atomic mass is 32.1. The first kappa shape index (κ1) is 11.5. The minimum atomic E-state index is 0.542. The molecule has 0 atom stereocenters. The van der Waals surface area contributed by atoms with Crippen LogP contribution < -0.4 is 11.1 Å². The molecule has 0 radical (unpaired) electrons. The number of aliphatic imine (C=N–C) groups is 1. The van der Waals surface area contributed by atoms with Gasteiger partial charge in [-0.25, -0.2) is 4.99 Å². The van der Waals surface area contributed by atoms with Gasteiger partial charge in [-0.15, -0.1) is 0 Å². The van der Waals surface area contributed by atoms with Crippen LogP contribution in [0.4, 0.5) is 0 Å². The molecule has 0 aliphatic heterocycles. The maximum absolute atomic E-state index is 5.86. The average molecular weight is 237 g/mol. The van der Waals surface area contributed by atoms with Crippen LogP contribution in [0, 0.1) is 0 Å². The van der Waals surface area contributed by atoms with E-state index in [0.717, 1.165) is 0 Å². The van der Waals surface area contributed by atoms with E-state index >= 15 is 0 Å². The highest BCUT2D eigenvalue weighted by Crippen LogP contribution is 2.17. The molecule has 1 heterocycles. The summed E-state index contributed by atoms with van der Waals surface area (Å²) in [7, 11) is 0. The molecule has 1 aromatic heterocycles. The van der Waals surface area contributed by atoms with E-state index in [0.29, 0.717) is 18.5 Å². The van der Waals surface area contributed by atoms with E-state index in [1.165, 1.54) is 37.7 Å². The molecule has 2 rings (SSSR count). The average Bonchev–Trinajstić information content (AvgIpc) is 2.81. The fraction of sp³-hybridized carbons (Fsp3) is 0.583. The van der Waals surface area contributed by atoms with Crippen LogP contribution in [0.1, 0.15) is 37.7 Å². The van der Waals surface area contributed by atoms with Crippen LogP contribution in [0.2, 0.25) is 0 Å². The van der Waals surface area contributed by atoms with Crippen molar-refractivity contribution in [1.29, 1.82) is 0 Å². The van der Waals surface area contributed by atoms with Crippen molar-refractivity contribution < 1.29 is 0 Å². The van der Waals surface area contributed by atoms with Gasteiger partial charge in [0, 0.05) is 6.04 Å². The van der Waals surface area contributed by atoms with Crippen LogP contribution in [0.3, 0.4) is 0 Å². The molecule has 3 nitrogen and oxygen atoms in total. The van der Waals surface area contributed by atoms with E-state index in [1.54, 1.807) is 11.3 Å². The van der Waals surface area contributed by atoms with E-state index in [2.05, 4.69) is 27.1 Å². The van der Waals surface area contributed by atoms with Crippen molar-refractivity contribution in [1.82, 2.24) is 5.32 Å². The number of nitrogens with one attached hydrogen (secondary N) is 1. The van der Waals surface area contributed by atoms with Crippen molar-refractivity contribution in [3.63, 3.8) is 0 Å². The molecule has 1 aromatic rings. The molecule has 0 aromatic carbocycles. The summed E-state index contributed by atoms with van der Waals surface area (Å²) in [6.45, 7) is 0.690. The molecular formula is C12H19N3S. The molecule has 0 saturated heterocycles. The summed E-state index contributed by atoms with van der Waals surface area (Å²) in [5.41, 5.74) is 7.10. The molecule has 16 heavy (non-hydrogen) atoms. The van der Waals surface area contributed by atoms with Crippen LogP contribution in [-0.2, 0) is 6.54 Å². The molecule has 0 amide bonds. The Kier molecular flexibility index (Phi) is 4.22. The van der Waals surface area contributed by atoms with E-state index in [4.69, 9.17) is 5.73 Å². The fourth-order valence-electron chi connectivity index (χ4n) is 2.06. The highest BCUT2D eigenvalue weighted by Gasteiger charge is 2.12. The van der Waals surface area contributed by atoms with E-state index in [-0.39, 0.29) is 0 Å². The third-order valence-electron chi connectivity index (χ3n) is 2.97. The predicted octanol–water partition coefficient (Wildman–Crippen LogP) is 2.49. The zero-order valence-electron chi connectivity index (χ0n) is 9.48. The topological polar surface area (TPSA) is 50.4 Å². The Morgan fingerprint density at radius 2 is 2.25 bits per heavy atom. The number of thiophene rings is 1. The van der Waals surface area contributed by atoms with Gasteiger partial charge in [0.1, 0.15) is 0 Å². The molecule has 0 bridgehead atoms. The van der Waals surface area contributed by atoms with Gasteiger partial charge in [-0.05, 0) is 35.2 Å². The van der Waals surface area contributed by atoms with Gasteiger partial charge in [0.15, 0.2) is 5.96 Å². The quantitative estimate of drug-likeness (QED) is 0.627. The van der Waals surface area contributed by atoms with Crippen molar-refractivity contribution >= 4 is 17.3 Å². The van der Waals surface area contributed by atoms with E-state index in [9.17, 15) is 0 Å². The summed E-state index contributed by atoms with van der Waals surface area (Å²) < 4.78 is 0. The minimum absolute atomic E-state index is 0.542. The number of nitrogens with two attached hydrogens (primary N) is 1. The SMILES string of the molecule is NC(=NCc1ccsc1)NC1CCCCC1. The minimum Gasteiger partial charge on any atom is -0.370 e. The Morgan fingerprint density at radius 3 is 2.94 bits per heavy atom. The number of hydrogen-bond donors (Lipinski definition) is 2. The first-order valence-electron chi connectivity index (χ1n) is 5.92. The molecule has 4 heteroatoms. The lowest BCUT2D eigenvalue weighted by atomic mass is 9.96. The zero-order chi connectivity index (χ0) is 11.2. The van der Waals surface area contributed by atoms with Gasteiger partial charge in [-0.3, -0.25) is 0 Å². The summed E-state index contributed by atoms with van der Waals surface area (Å²) in [5.74, 6) is 0.595. The van der Waals surface area contributed by atoms with Crippen molar-refractivity contribution in [3.05, 3.63) is 22.4 Å². The lowest BCUT2D eigenvalue weighted by Gasteiger charge is -2.23. The second-order valence-corrected chi connectivity index (χ2v) is 5.09. The van der Waals surface area contributed by atoms with Crippen molar-refractivity contribution in [2.75, 3.05) is 0 Å². The molecule has 1 saturated carbocycles. The molecule has 3 N–H and O–H groups in total. The molecule has 0 spiro atoms. The van der Waals surface area contributed by atoms with Crippen molar-refractivity contribution in [2.24, 2.45) is 10.7 Å². The maximum Gasteiger partial charge on any atom is 0.189 e. The number of nitrogens with zero attached hydrogens (tertiary/aromatic N) is 1. The predicted molar refractivity (Wildman–Crippen MR) is 69.7 cm³/mol. The van der Waals surface area contributed by atoms with Gasteiger partial charge in [0.05, 0.1) is 6.54 Å². The Morgan fingerprint density at radius 1 is 1.44 bits per heavy atom. The Bertz CT molecular complexity index is 326. The second-order valence-electron chi connectivity index (χ2n) is 4.31. The van der Waals surface area contributed by atoms with E-state index in [1.807, 2.05) is 0 Å². The fourth-order valence-corrected chi connectivity index (χ4v) is 2.72. The molecular weight excluding hydrogens is 218 g/mol. The van der Waals surface area contributed by atoms with Gasteiger partial charge in [0.25, 0.3) is 0 Å². The van der Waals surface area contributed by atoms with E-state index < -0.39 is 0 Å². The van der Waals surface area contributed by atoms with Crippen molar-refractivity contribution in [2.45, 2.75) is 44.7 Å². The van der Waals surface area contributed by atoms with Gasteiger partial charge >= 0.3 is 0 Å². The van der Waals surface area contributed by atoms with Gasteiger partial charge < -0.3 is 11.1 Å². The number of rotatable bonds is 3.